The Morgan fingerprint density at radius 1 is 1.37 bits per heavy atom. The van der Waals surface area contributed by atoms with E-state index in [1.807, 2.05) is 0 Å². The van der Waals surface area contributed by atoms with Crippen molar-refractivity contribution in [2.45, 2.75) is 19.9 Å². The van der Waals surface area contributed by atoms with Gasteiger partial charge in [0.25, 0.3) is 0 Å². The Kier molecular flexibility index (Phi) is 4.37. The Hall–Kier alpha value is -1.62. The van der Waals surface area contributed by atoms with Gasteiger partial charge in [0.05, 0.1) is 17.8 Å². The van der Waals surface area contributed by atoms with E-state index in [4.69, 9.17) is 4.74 Å². The van der Waals surface area contributed by atoms with Crippen LogP contribution >= 0.6 is 15.9 Å². The minimum atomic E-state index is -0.0412. The standard InChI is InChI=1S/C14H15BrN2O2/c1-3-8-17-13(12(15)9-16-17)14(18)10-4-6-11(19-2)7-5-10/h4-7,9H,3,8H2,1-2H3. The Bertz CT molecular complexity index is 576. The number of rotatable bonds is 5. The number of aryl methyl sites for hydroxylation is 1. The van der Waals surface area contributed by atoms with Crippen LogP contribution in [-0.4, -0.2) is 22.7 Å². The molecule has 1 aromatic heterocycles. The summed E-state index contributed by atoms with van der Waals surface area (Å²) in [5.41, 5.74) is 1.21. The first-order valence-corrected chi connectivity index (χ1v) is 6.86. The van der Waals surface area contributed by atoms with Crippen molar-refractivity contribution in [2.24, 2.45) is 0 Å². The third-order valence-corrected chi connectivity index (χ3v) is 3.38. The molecule has 0 saturated carbocycles. The Balaban J connectivity index is 2.34. The molecule has 0 saturated heterocycles. The molecular formula is C14H15BrN2O2. The van der Waals surface area contributed by atoms with Crippen LogP contribution in [0.4, 0.5) is 0 Å². The highest BCUT2D eigenvalue weighted by molar-refractivity contribution is 9.10. The zero-order chi connectivity index (χ0) is 13.8. The summed E-state index contributed by atoms with van der Waals surface area (Å²) in [6.07, 6.45) is 2.59. The van der Waals surface area contributed by atoms with Crippen LogP contribution in [0.25, 0.3) is 0 Å². The molecule has 0 aliphatic carbocycles. The quantitative estimate of drug-likeness (QED) is 0.793. The lowest BCUT2D eigenvalue weighted by Crippen LogP contribution is -2.12. The van der Waals surface area contributed by atoms with Gasteiger partial charge in [-0.15, -0.1) is 0 Å². The van der Waals surface area contributed by atoms with Crippen molar-refractivity contribution in [3.63, 3.8) is 0 Å². The molecule has 100 valence electrons. The highest BCUT2D eigenvalue weighted by atomic mass is 79.9. The molecule has 19 heavy (non-hydrogen) atoms. The van der Waals surface area contributed by atoms with Crippen LogP contribution in [0.5, 0.6) is 5.75 Å². The molecule has 0 aliphatic rings. The average Bonchev–Trinajstić information content (AvgIpc) is 2.80. The second-order valence-corrected chi connectivity index (χ2v) is 4.98. The number of benzene rings is 1. The van der Waals surface area contributed by atoms with Gasteiger partial charge in [-0.05, 0) is 46.6 Å². The van der Waals surface area contributed by atoms with Crippen molar-refractivity contribution >= 4 is 21.7 Å². The van der Waals surface area contributed by atoms with E-state index in [0.29, 0.717) is 11.3 Å². The van der Waals surface area contributed by atoms with E-state index in [1.54, 1.807) is 42.3 Å². The van der Waals surface area contributed by atoms with E-state index in [2.05, 4.69) is 28.0 Å². The molecule has 0 radical (unpaired) electrons. The third kappa shape index (κ3) is 2.87. The Morgan fingerprint density at radius 2 is 2.05 bits per heavy atom. The van der Waals surface area contributed by atoms with Gasteiger partial charge >= 0.3 is 0 Å². The zero-order valence-corrected chi connectivity index (χ0v) is 12.5. The number of methoxy groups -OCH3 is 1. The first kappa shape index (κ1) is 13.8. The van der Waals surface area contributed by atoms with Crippen LogP contribution in [0.1, 0.15) is 29.4 Å². The molecule has 1 aromatic carbocycles. The number of ether oxygens (including phenoxy) is 1. The van der Waals surface area contributed by atoms with Crippen LogP contribution in [0.2, 0.25) is 0 Å². The topological polar surface area (TPSA) is 44.1 Å². The van der Waals surface area contributed by atoms with Crippen LogP contribution in [-0.2, 0) is 6.54 Å². The van der Waals surface area contributed by atoms with Gasteiger partial charge in [0.15, 0.2) is 0 Å². The fourth-order valence-electron chi connectivity index (χ4n) is 1.85. The largest absolute Gasteiger partial charge is 0.497 e. The van der Waals surface area contributed by atoms with Gasteiger partial charge in [-0.3, -0.25) is 9.48 Å². The Morgan fingerprint density at radius 3 is 2.63 bits per heavy atom. The molecule has 2 aromatic rings. The van der Waals surface area contributed by atoms with Crippen LogP contribution < -0.4 is 4.74 Å². The smallest absolute Gasteiger partial charge is 0.212 e. The molecule has 5 heteroatoms. The first-order valence-electron chi connectivity index (χ1n) is 6.07. The molecule has 1 heterocycles. The summed E-state index contributed by atoms with van der Waals surface area (Å²) < 4.78 is 7.54. The fourth-order valence-corrected chi connectivity index (χ4v) is 2.32. The summed E-state index contributed by atoms with van der Waals surface area (Å²) in [5.74, 6) is 0.693. The molecule has 0 bridgehead atoms. The van der Waals surface area contributed by atoms with E-state index in [0.717, 1.165) is 23.2 Å². The van der Waals surface area contributed by atoms with E-state index >= 15 is 0 Å². The lowest BCUT2D eigenvalue weighted by Gasteiger charge is -2.07. The van der Waals surface area contributed by atoms with Crippen molar-refractivity contribution in [3.8, 4) is 5.75 Å². The summed E-state index contributed by atoms with van der Waals surface area (Å²) in [4.78, 5) is 12.5. The fraction of sp³-hybridized carbons (Fsp3) is 0.286. The van der Waals surface area contributed by atoms with E-state index in [1.165, 1.54) is 0 Å². The number of hydrogen-bond donors (Lipinski definition) is 0. The van der Waals surface area contributed by atoms with Crippen LogP contribution in [0.15, 0.2) is 34.9 Å². The average molecular weight is 323 g/mol. The lowest BCUT2D eigenvalue weighted by molar-refractivity contribution is 0.102. The maximum absolute atomic E-state index is 12.5. The van der Waals surface area contributed by atoms with E-state index in [9.17, 15) is 4.79 Å². The SMILES string of the molecule is CCCn1ncc(Br)c1C(=O)c1ccc(OC)cc1. The molecule has 2 rings (SSSR count). The third-order valence-electron chi connectivity index (χ3n) is 2.80. The van der Waals surface area contributed by atoms with Crippen molar-refractivity contribution < 1.29 is 9.53 Å². The second kappa shape index (κ2) is 6.02. The molecule has 0 spiro atoms. The lowest BCUT2D eigenvalue weighted by atomic mass is 10.1. The summed E-state index contributed by atoms with van der Waals surface area (Å²) in [5, 5.41) is 4.21. The molecule has 0 amide bonds. The number of hydrogen-bond acceptors (Lipinski definition) is 3. The predicted molar refractivity (Wildman–Crippen MR) is 76.6 cm³/mol. The number of aromatic nitrogens is 2. The second-order valence-electron chi connectivity index (χ2n) is 4.12. The van der Waals surface area contributed by atoms with E-state index < -0.39 is 0 Å². The van der Waals surface area contributed by atoms with Gasteiger partial charge < -0.3 is 4.74 Å². The molecule has 0 atom stereocenters. The van der Waals surface area contributed by atoms with Gasteiger partial charge in [-0.1, -0.05) is 6.92 Å². The van der Waals surface area contributed by atoms with Crippen molar-refractivity contribution in [3.05, 3.63) is 46.2 Å². The molecule has 0 N–H and O–H groups in total. The summed E-state index contributed by atoms with van der Waals surface area (Å²) >= 11 is 3.38. The molecular weight excluding hydrogens is 308 g/mol. The number of carbonyl (C=O) groups is 1. The minimum Gasteiger partial charge on any atom is -0.497 e. The summed E-state index contributed by atoms with van der Waals surface area (Å²) in [7, 11) is 1.60. The first-order chi connectivity index (χ1) is 9.17. The predicted octanol–water partition coefficient (Wildman–Crippen LogP) is 3.30. The van der Waals surface area contributed by atoms with Crippen molar-refractivity contribution in [1.82, 2.24) is 9.78 Å². The minimum absolute atomic E-state index is 0.0412. The number of nitrogens with zero attached hydrogens (tertiary/aromatic N) is 2. The number of carbonyl (C=O) groups excluding carboxylic acids is 1. The van der Waals surface area contributed by atoms with Gasteiger partial charge in [0.1, 0.15) is 11.4 Å². The zero-order valence-electron chi connectivity index (χ0n) is 10.9. The summed E-state index contributed by atoms with van der Waals surface area (Å²) in [6, 6.07) is 7.08. The van der Waals surface area contributed by atoms with Crippen LogP contribution in [0, 0.1) is 0 Å². The maximum atomic E-state index is 12.5. The number of halogens is 1. The molecule has 0 unspecified atom stereocenters. The molecule has 0 aliphatic heterocycles. The van der Waals surface area contributed by atoms with Gasteiger partial charge in [-0.2, -0.15) is 5.10 Å². The maximum Gasteiger partial charge on any atom is 0.212 e. The van der Waals surface area contributed by atoms with Gasteiger partial charge in [0.2, 0.25) is 5.78 Å². The monoisotopic (exact) mass is 322 g/mol. The molecule has 0 fully saturated rings. The van der Waals surface area contributed by atoms with E-state index in [-0.39, 0.29) is 5.78 Å². The summed E-state index contributed by atoms with van der Waals surface area (Å²) in [6.45, 7) is 2.78. The van der Waals surface area contributed by atoms with Crippen LogP contribution in [0.3, 0.4) is 0 Å². The van der Waals surface area contributed by atoms with Gasteiger partial charge in [0, 0.05) is 12.1 Å². The Labute approximate surface area is 120 Å². The van der Waals surface area contributed by atoms with Gasteiger partial charge in [-0.25, -0.2) is 0 Å². The molecule has 4 nitrogen and oxygen atoms in total. The highest BCUT2D eigenvalue weighted by Crippen LogP contribution is 2.21. The van der Waals surface area contributed by atoms with Crippen molar-refractivity contribution in [1.29, 1.82) is 0 Å². The normalized spacial score (nSPS) is 10.5. The highest BCUT2D eigenvalue weighted by Gasteiger charge is 2.18. The van der Waals surface area contributed by atoms with Crippen molar-refractivity contribution in [2.75, 3.05) is 7.11 Å². The number of ketones is 1.